The summed E-state index contributed by atoms with van der Waals surface area (Å²) in [4.78, 5) is 13.0. The van der Waals surface area contributed by atoms with Gasteiger partial charge in [0.05, 0.1) is 17.5 Å². The Kier molecular flexibility index (Phi) is 5.67. The first-order chi connectivity index (χ1) is 9.21. The highest BCUT2D eigenvalue weighted by molar-refractivity contribution is 7.90. The summed E-state index contributed by atoms with van der Waals surface area (Å²) in [6.45, 7) is 0.364. The molecule has 1 aromatic rings. The van der Waals surface area contributed by atoms with Crippen molar-refractivity contribution < 1.29 is 18.3 Å². The Morgan fingerprint density at radius 1 is 1.30 bits per heavy atom. The van der Waals surface area contributed by atoms with Crippen molar-refractivity contribution in [2.75, 3.05) is 33.4 Å². The maximum atomic E-state index is 11.3. The number of rotatable bonds is 6. The van der Waals surface area contributed by atoms with Crippen LogP contribution in [-0.4, -0.2) is 57.8 Å². The van der Waals surface area contributed by atoms with Crippen LogP contribution in [0, 0.1) is 0 Å². The molecular formula is C13H20N2O4S. The van der Waals surface area contributed by atoms with Crippen LogP contribution in [0.15, 0.2) is 29.2 Å². The highest BCUT2D eigenvalue weighted by Gasteiger charge is 2.11. The molecule has 6 nitrogen and oxygen atoms in total. The molecule has 0 saturated carbocycles. The van der Waals surface area contributed by atoms with E-state index in [4.69, 9.17) is 0 Å². The summed E-state index contributed by atoms with van der Waals surface area (Å²) in [6, 6.07) is 6.05. The summed E-state index contributed by atoms with van der Waals surface area (Å²) in [6.07, 6.45) is 0.339. The molecule has 0 saturated heterocycles. The fourth-order valence-corrected chi connectivity index (χ4v) is 2.16. The highest BCUT2D eigenvalue weighted by atomic mass is 32.2. The van der Waals surface area contributed by atoms with Crippen LogP contribution < -0.4 is 5.32 Å². The Bertz CT molecular complexity index is 552. The van der Waals surface area contributed by atoms with E-state index in [9.17, 15) is 18.3 Å². The number of nitrogens with zero attached hydrogens (tertiary/aromatic N) is 1. The summed E-state index contributed by atoms with van der Waals surface area (Å²) in [5, 5.41) is 12.8. The van der Waals surface area contributed by atoms with Gasteiger partial charge in [-0.25, -0.2) is 8.42 Å². The fourth-order valence-electron chi connectivity index (χ4n) is 1.53. The Hall–Kier alpha value is -1.44. The lowest BCUT2D eigenvalue weighted by Crippen LogP contribution is -2.34. The van der Waals surface area contributed by atoms with E-state index in [1.807, 2.05) is 0 Å². The number of sulfone groups is 1. The number of carbonyl (C=O) groups excluding carboxylic acids is 1. The molecule has 0 spiro atoms. The van der Waals surface area contributed by atoms with Gasteiger partial charge in [0, 0.05) is 26.9 Å². The Morgan fingerprint density at radius 2 is 1.85 bits per heavy atom. The molecule has 20 heavy (non-hydrogen) atoms. The lowest BCUT2D eigenvalue weighted by Gasteiger charge is -2.14. The molecular weight excluding hydrogens is 280 g/mol. The van der Waals surface area contributed by atoms with Gasteiger partial charge in [-0.1, -0.05) is 12.1 Å². The normalized spacial score (nSPS) is 13.0. The van der Waals surface area contributed by atoms with Crippen LogP contribution in [0.1, 0.15) is 11.7 Å². The predicted molar refractivity (Wildman–Crippen MR) is 76.1 cm³/mol. The molecule has 2 N–H and O–H groups in total. The monoisotopic (exact) mass is 300 g/mol. The van der Waals surface area contributed by atoms with Crippen molar-refractivity contribution in [2.45, 2.75) is 11.0 Å². The highest BCUT2D eigenvalue weighted by Crippen LogP contribution is 2.15. The average molecular weight is 300 g/mol. The van der Waals surface area contributed by atoms with E-state index >= 15 is 0 Å². The van der Waals surface area contributed by atoms with Crippen molar-refractivity contribution in [3.05, 3.63) is 29.8 Å². The van der Waals surface area contributed by atoms with E-state index < -0.39 is 15.9 Å². The summed E-state index contributed by atoms with van der Waals surface area (Å²) in [5.41, 5.74) is 0.599. The lowest BCUT2D eigenvalue weighted by molar-refractivity contribution is -0.127. The van der Waals surface area contributed by atoms with Gasteiger partial charge < -0.3 is 15.3 Å². The van der Waals surface area contributed by atoms with Crippen LogP contribution >= 0.6 is 0 Å². The molecule has 1 rings (SSSR count). The SMILES string of the molecule is CN(C)C(=O)CNCC(O)c1ccc(S(C)(=O)=O)cc1. The number of carbonyl (C=O) groups is 1. The van der Waals surface area contributed by atoms with Crippen molar-refractivity contribution in [3.63, 3.8) is 0 Å². The summed E-state index contributed by atoms with van der Waals surface area (Å²) in [7, 11) is 0.0838. The Balaban J connectivity index is 2.56. The van der Waals surface area contributed by atoms with Crippen LogP contribution in [0.5, 0.6) is 0 Å². The van der Waals surface area contributed by atoms with Gasteiger partial charge in [-0.2, -0.15) is 0 Å². The minimum atomic E-state index is -3.23. The first kappa shape index (κ1) is 16.6. The van der Waals surface area contributed by atoms with Gasteiger partial charge in [0.15, 0.2) is 9.84 Å². The van der Waals surface area contributed by atoms with Crippen LogP contribution in [0.2, 0.25) is 0 Å². The van der Waals surface area contributed by atoms with E-state index in [0.29, 0.717) is 5.56 Å². The third kappa shape index (κ3) is 4.92. The molecule has 0 heterocycles. The fraction of sp³-hybridized carbons (Fsp3) is 0.462. The maximum Gasteiger partial charge on any atom is 0.236 e. The number of aliphatic hydroxyl groups is 1. The van der Waals surface area contributed by atoms with Gasteiger partial charge in [-0.3, -0.25) is 4.79 Å². The molecule has 0 aromatic heterocycles. The van der Waals surface area contributed by atoms with E-state index in [1.165, 1.54) is 17.0 Å². The van der Waals surface area contributed by atoms with E-state index in [1.54, 1.807) is 26.2 Å². The van der Waals surface area contributed by atoms with E-state index in [2.05, 4.69) is 5.32 Å². The van der Waals surface area contributed by atoms with Crippen LogP contribution in [0.25, 0.3) is 0 Å². The molecule has 0 aliphatic rings. The number of aliphatic hydroxyl groups excluding tert-OH is 1. The smallest absolute Gasteiger partial charge is 0.236 e. The molecule has 0 aliphatic heterocycles. The number of hydrogen-bond donors (Lipinski definition) is 2. The zero-order valence-electron chi connectivity index (χ0n) is 11.8. The van der Waals surface area contributed by atoms with Crippen LogP contribution in [-0.2, 0) is 14.6 Å². The summed E-state index contributed by atoms with van der Waals surface area (Å²) >= 11 is 0. The number of hydrogen-bond acceptors (Lipinski definition) is 5. The summed E-state index contributed by atoms with van der Waals surface area (Å²) < 4.78 is 22.6. The molecule has 0 radical (unpaired) electrons. The van der Waals surface area contributed by atoms with Gasteiger partial charge in [0.2, 0.25) is 5.91 Å². The second-order valence-electron chi connectivity index (χ2n) is 4.78. The molecule has 0 fully saturated rings. The minimum Gasteiger partial charge on any atom is -0.387 e. The zero-order chi connectivity index (χ0) is 15.3. The molecule has 1 atom stereocenters. The third-order valence-corrected chi connectivity index (χ3v) is 3.93. The predicted octanol–water partition coefficient (Wildman–Crippen LogP) is -0.199. The topological polar surface area (TPSA) is 86.7 Å². The second-order valence-corrected chi connectivity index (χ2v) is 6.79. The maximum absolute atomic E-state index is 11.3. The summed E-state index contributed by atoms with van der Waals surface area (Å²) in [5.74, 6) is -0.0791. The van der Waals surface area contributed by atoms with Gasteiger partial charge in [-0.15, -0.1) is 0 Å². The minimum absolute atomic E-state index is 0.0791. The van der Waals surface area contributed by atoms with Crippen molar-refractivity contribution in [1.82, 2.24) is 10.2 Å². The number of amides is 1. The van der Waals surface area contributed by atoms with Gasteiger partial charge in [0.25, 0.3) is 0 Å². The number of likely N-dealkylation sites (N-methyl/N-ethyl adjacent to an activating group) is 1. The Morgan fingerprint density at radius 3 is 2.30 bits per heavy atom. The van der Waals surface area contributed by atoms with Crippen molar-refractivity contribution in [2.24, 2.45) is 0 Å². The third-order valence-electron chi connectivity index (χ3n) is 2.81. The largest absolute Gasteiger partial charge is 0.387 e. The second kappa shape index (κ2) is 6.83. The quantitative estimate of drug-likeness (QED) is 0.760. The van der Waals surface area contributed by atoms with Crippen molar-refractivity contribution in [3.8, 4) is 0 Å². The van der Waals surface area contributed by atoms with E-state index in [0.717, 1.165) is 6.26 Å². The molecule has 1 unspecified atom stereocenters. The first-order valence-electron chi connectivity index (χ1n) is 6.11. The van der Waals surface area contributed by atoms with Gasteiger partial charge in [0.1, 0.15) is 0 Å². The Labute approximate surface area is 119 Å². The van der Waals surface area contributed by atoms with Crippen molar-refractivity contribution >= 4 is 15.7 Å². The van der Waals surface area contributed by atoms with Crippen LogP contribution in [0.3, 0.4) is 0 Å². The zero-order valence-corrected chi connectivity index (χ0v) is 12.6. The molecule has 0 bridgehead atoms. The average Bonchev–Trinajstić information content (AvgIpc) is 2.37. The van der Waals surface area contributed by atoms with Gasteiger partial charge in [-0.05, 0) is 17.7 Å². The first-order valence-corrected chi connectivity index (χ1v) is 8.00. The van der Waals surface area contributed by atoms with Crippen molar-refractivity contribution in [1.29, 1.82) is 0 Å². The van der Waals surface area contributed by atoms with Crippen LogP contribution in [0.4, 0.5) is 0 Å². The molecule has 7 heteroatoms. The molecule has 112 valence electrons. The number of benzene rings is 1. The van der Waals surface area contributed by atoms with E-state index in [-0.39, 0.29) is 23.9 Å². The molecule has 1 aromatic carbocycles. The van der Waals surface area contributed by atoms with Gasteiger partial charge >= 0.3 is 0 Å². The number of nitrogens with one attached hydrogen (secondary N) is 1. The standard InChI is InChI=1S/C13H20N2O4S/c1-15(2)13(17)9-14-8-12(16)10-4-6-11(7-5-10)20(3,18)19/h4-7,12,14,16H,8-9H2,1-3H3. The molecule has 1 amide bonds. The molecule has 0 aliphatic carbocycles. The lowest BCUT2D eigenvalue weighted by atomic mass is 10.1.